The van der Waals surface area contributed by atoms with Crippen LogP contribution < -0.4 is 10.1 Å². The first-order valence-corrected chi connectivity index (χ1v) is 8.69. The summed E-state index contributed by atoms with van der Waals surface area (Å²) in [6.45, 7) is -2.50. The van der Waals surface area contributed by atoms with E-state index in [9.17, 15) is 23.5 Å². The second kappa shape index (κ2) is 7.26. The number of likely N-dealkylation sites (tertiary alicyclic amines) is 1. The highest BCUT2D eigenvalue weighted by Gasteiger charge is 2.55. The number of amides is 2. The summed E-state index contributed by atoms with van der Waals surface area (Å²) in [6.07, 6.45) is 2.21. The quantitative estimate of drug-likeness (QED) is 0.810. The highest BCUT2D eigenvalue weighted by Crippen LogP contribution is 2.48. The number of alkyl halides is 2. The Balaban J connectivity index is 1.65. The molecule has 2 fully saturated rings. The van der Waals surface area contributed by atoms with Crippen LogP contribution in [0, 0.1) is 11.3 Å². The third-order valence-corrected chi connectivity index (χ3v) is 5.49. The summed E-state index contributed by atoms with van der Waals surface area (Å²) in [5.41, 5.74) is -0.546. The van der Waals surface area contributed by atoms with Gasteiger partial charge in [0.25, 0.3) is 0 Å². The zero-order chi connectivity index (χ0) is 18.9. The van der Waals surface area contributed by atoms with Crippen molar-refractivity contribution < 1.29 is 28.2 Å². The Labute approximate surface area is 154 Å². The molecule has 2 aliphatic rings. The number of rotatable bonds is 5. The number of nitrogens with zero attached hydrogens (tertiary/aromatic N) is 1. The molecule has 1 aromatic carbocycles. The number of carboxylic acid groups (broad SMARTS) is 1. The van der Waals surface area contributed by atoms with Gasteiger partial charge in [0, 0.05) is 30.2 Å². The Morgan fingerprint density at radius 3 is 2.88 bits per heavy atom. The normalized spacial score (nSPS) is 24.6. The van der Waals surface area contributed by atoms with E-state index in [2.05, 4.69) is 10.1 Å². The number of carbonyl (C=O) groups excluding carboxylic acids is 1. The van der Waals surface area contributed by atoms with E-state index in [0.717, 1.165) is 12.8 Å². The molecule has 0 spiro atoms. The minimum Gasteiger partial charge on any atom is -0.481 e. The van der Waals surface area contributed by atoms with Crippen LogP contribution >= 0.6 is 11.6 Å². The average molecular weight is 389 g/mol. The zero-order valence-corrected chi connectivity index (χ0v) is 14.6. The molecular formula is C17H19ClF2N2O4. The van der Waals surface area contributed by atoms with Crippen LogP contribution in [0.5, 0.6) is 5.75 Å². The van der Waals surface area contributed by atoms with Gasteiger partial charge in [-0.3, -0.25) is 4.79 Å². The minimum atomic E-state index is -2.99. The molecule has 0 aromatic heterocycles. The van der Waals surface area contributed by atoms with Crippen LogP contribution in [0.15, 0.2) is 18.2 Å². The van der Waals surface area contributed by atoms with Crippen molar-refractivity contribution >= 4 is 23.6 Å². The lowest BCUT2D eigenvalue weighted by atomic mass is 9.81. The first kappa shape index (κ1) is 18.7. The lowest BCUT2D eigenvalue weighted by Crippen LogP contribution is -2.41. The van der Waals surface area contributed by atoms with E-state index in [0.29, 0.717) is 23.6 Å². The Kier molecular flexibility index (Phi) is 5.22. The van der Waals surface area contributed by atoms with Gasteiger partial charge in [-0.2, -0.15) is 8.78 Å². The van der Waals surface area contributed by atoms with Crippen LogP contribution in [0.4, 0.5) is 13.6 Å². The van der Waals surface area contributed by atoms with Crippen molar-refractivity contribution in [3.63, 3.8) is 0 Å². The number of aliphatic carboxylic acids is 1. The summed E-state index contributed by atoms with van der Waals surface area (Å²) >= 11 is 5.88. The van der Waals surface area contributed by atoms with E-state index in [1.165, 1.54) is 23.1 Å². The summed E-state index contributed by atoms with van der Waals surface area (Å²) in [7, 11) is 0. The van der Waals surface area contributed by atoms with Crippen LogP contribution in [0.1, 0.15) is 24.8 Å². The number of fused-ring (bicyclic) bond motifs is 1. The molecule has 2 atom stereocenters. The van der Waals surface area contributed by atoms with Crippen LogP contribution in [-0.2, 0) is 11.3 Å². The van der Waals surface area contributed by atoms with Crippen LogP contribution in [0.3, 0.4) is 0 Å². The van der Waals surface area contributed by atoms with E-state index in [-0.39, 0.29) is 24.8 Å². The summed E-state index contributed by atoms with van der Waals surface area (Å²) in [5, 5.41) is 12.5. The molecule has 26 heavy (non-hydrogen) atoms. The highest BCUT2D eigenvalue weighted by atomic mass is 35.5. The maximum Gasteiger partial charge on any atom is 0.387 e. The van der Waals surface area contributed by atoms with Crippen molar-refractivity contribution in [3.05, 3.63) is 28.8 Å². The Bertz CT molecular complexity index is 718. The van der Waals surface area contributed by atoms with Crippen LogP contribution in [0.25, 0.3) is 0 Å². The lowest BCUT2D eigenvalue weighted by Gasteiger charge is -2.23. The molecule has 0 bridgehead atoms. The first-order valence-electron chi connectivity index (χ1n) is 8.31. The van der Waals surface area contributed by atoms with Gasteiger partial charge in [0.1, 0.15) is 5.75 Å². The maximum atomic E-state index is 12.5. The first-order chi connectivity index (χ1) is 12.3. The lowest BCUT2D eigenvalue weighted by molar-refractivity contribution is -0.149. The molecule has 2 amide bonds. The standard InChI is InChI=1S/C17H19ClF2N2O4/c18-12-3-4-13(26-15(19)20)10(6-12)7-21-16(25)22-8-11-2-1-5-17(11,9-22)14(23)24/h3-4,6,11,15H,1-2,5,7-9H2,(H,21,25)(H,23,24)/t11-,17+/m0/s1. The molecule has 0 radical (unpaired) electrons. The molecule has 1 saturated carbocycles. The molecule has 0 unspecified atom stereocenters. The molecular weight excluding hydrogens is 370 g/mol. The van der Waals surface area contributed by atoms with Gasteiger partial charge in [-0.1, -0.05) is 18.0 Å². The van der Waals surface area contributed by atoms with Gasteiger partial charge in [0.15, 0.2) is 0 Å². The van der Waals surface area contributed by atoms with Crippen molar-refractivity contribution in [2.24, 2.45) is 11.3 Å². The SMILES string of the molecule is O=C(NCc1cc(Cl)ccc1OC(F)F)N1C[C@@H]2CCC[C@@]2(C(=O)O)C1. The topological polar surface area (TPSA) is 78.9 Å². The fourth-order valence-electron chi connectivity index (χ4n) is 3.97. The second-order valence-electron chi connectivity index (χ2n) is 6.72. The number of hydrogen-bond acceptors (Lipinski definition) is 3. The molecule has 1 heterocycles. The fourth-order valence-corrected chi connectivity index (χ4v) is 4.17. The monoisotopic (exact) mass is 388 g/mol. The van der Waals surface area contributed by atoms with E-state index in [4.69, 9.17) is 11.6 Å². The Morgan fingerprint density at radius 1 is 1.46 bits per heavy atom. The molecule has 2 N–H and O–H groups in total. The molecule has 1 saturated heterocycles. The number of ether oxygens (including phenoxy) is 1. The van der Waals surface area contributed by atoms with Crippen molar-refractivity contribution in [2.75, 3.05) is 13.1 Å². The Morgan fingerprint density at radius 2 is 2.23 bits per heavy atom. The van der Waals surface area contributed by atoms with Gasteiger partial charge < -0.3 is 20.1 Å². The number of hydrogen-bond donors (Lipinski definition) is 2. The van der Waals surface area contributed by atoms with Crippen LogP contribution in [0.2, 0.25) is 5.02 Å². The maximum absolute atomic E-state index is 12.5. The second-order valence-corrected chi connectivity index (χ2v) is 7.16. The van der Waals surface area contributed by atoms with Gasteiger partial charge in [0.05, 0.1) is 5.41 Å². The number of carboxylic acids is 1. The van der Waals surface area contributed by atoms with Crippen molar-refractivity contribution in [1.29, 1.82) is 0 Å². The summed E-state index contributed by atoms with van der Waals surface area (Å²) in [5.74, 6) is -0.975. The van der Waals surface area contributed by atoms with Gasteiger partial charge in [-0.15, -0.1) is 0 Å². The van der Waals surface area contributed by atoms with Gasteiger partial charge in [-0.05, 0) is 37.0 Å². The molecule has 6 nitrogen and oxygen atoms in total. The predicted molar refractivity (Wildman–Crippen MR) is 89.3 cm³/mol. The third kappa shape index (κ3) is 3.56. The smallest absolute Gasteiger partial charge is 0.387 e. The summed E-state index contributed by atoms with van der Waals surface area (Å²) in [4.78, 5) is 25.6. The third-order valence-electron chi connectivity index (χ3n) is 5.25. The minimum absolute atomic E-state index is 0.0466. The van der Waals surface area contributed by atoms with Gasteiger partial charge >= 0.3 is 18.6 Å². The molecule has 9 heteroatoms. The molecule has 142 valence electrons. The molecule has 1 aliphatic heterocycles. The molecule has 3 rings (SSSR count). The summed E-state index contributed by atoms with van der Waals surface area (Å²) < 4.78 is 29.4. The number of carbonyl (C=O) groups is 2. The van der Waals surface area contributed by atoms with E-state index >= 15 is 0 Å². The van der Waals surface area contributed by atoms with Gasteiger partial charge in [0.2, 0.25) is 0 Å². The fraction of sp³-hybridized carbons (Fsp3) is 0.529. The number of halogens is 3. The number of nitrogens with one attached hydrogen (secondary N) is 1. The largest absolute Gasteiger partial charge is 0.481 e. The molecule has 1 aromatic rings. The number of urea groups is 1. The van der Waals surface area contributed by atoms with E-state index in [1.807, 2.05) is 0 Å². The highest BCUT2D eigenvalue weighted by molar-refractivity contribution is 6.30. The van der Waals surface area contributed by atoms with Crippen molar-refractivity contribution in [3.8, 4) is 5.75 Å². The predicted octanol–water partition coefficient (Wildman–Crippen LogP) is 3.34. The van der Waals surface area contributed by atoms with Crippen molar-refractivity contribution in [2.45, 2.75) is 32.4 Å². The summed E-state index contributed by atoms with van der Waals surface area (Å²) in [6, 6.07) is 3.75. The van der Waals surface area contributed by atoms with Crippen molar-refractivity contribution in [1.82, 2.24) is 10.2 Å². The number of benzene rings is 1. The average Bonchev–Trinajstić information content (AvgIpc) is 3.12. The zero-order valence-electron chi connectivity index (χ0n) is 13.9. The van der Waals surface area contributed by atoms with E-state index in [1.54, 1.807) is 0 Å². The Hall–Kier alpha value is -2.09. The van der Waals surface area contributed by atoms with Gasteiger partial charge in [-0.25, -0.2) is 4.79 Å². The van der Waals surface area contributed by atoms with Crippen LogP contribution in [-0.4, -0.2) is 41.7 Å². The van der Waals surface area contributed by atoms with E-state index < -0.39 is 24.0 Å². The molecule has 1 aliphatic carbocycles.